The molecule has 25 heavy (non-hydrogen) atoms. The minimum atomic E-state index is -0.304. The Balaban J connectivity index is 1.90. The van der Waals surface area contributed by atoms with E-state index in [1.807, 2.05) is 6.92 Å². The normalized spacial score (nSPS) is 13.4. The van der Waals surface area contributed by atoms with Gasteiger partial charge in [-0.05, 0) is 30.7 Å². The Bertz CT molecular complexity index is 891. The predicted molar refractivity (Wildman–Crippen MR) is 94.6 cm³/mol. The summed E-state index contributed by atoms with van der Waals surface area (Å²) in [6, 6.07) is 7.75. The molecule has 0 bridgehead atoms. The van der Waals surface area contributed by atoms with Crippen LogP contribution in [0.4, 0.5) is 5.69 Å². The van der Waals surface area contributed by atoms with E-state index in [2.05, 4.69) is 0 Å². The number of nitrogens with zero attached hydrogens (tertiary/aromatic N) is 2. The van der Waals surface area contributed by atoms with Gasteiger partial charge >= 0.3 is 0 Å². The lowest BCUT2D eigenvalue weighted by atomic mass is 10.1. The van der Waals surface area contributed by atoms with Crippen LogP contribution in [0.1, 0.15) is 23.7 Å². The average molecular weight is 361 g/mol. The summed E-state index contributed by atoms with van der Waals surface area (Å²) in [5.74, 6) is 0.191. The number of ether oxygens (including phenoxy) is 1. The first-order chi connectivity index (χ1) is 12.0. The third-order valence-electron chi connectivity index (χ3n) is 3.93. The first kappa shape index (κ1) is 17.2. The van der Waals surface area contributed by atoms with Crippen LogP contribution in [0.25, 0.3) is 0 Å². The van der Waals surface area contributed by atoms with Crippen molar-refractivity contribution >= 4 is 29.0 Å². The summed E-state index contributed by atoms with van der Waals surface area (Å²) in [6.45, 7) is 2.41. The maximum Gasteiger partial charge on any atom is 0.265 e. The van der Waals surface area contributed by atoms with Crippen LogP contribution in [0.15, 0.2) is 41.3 Å². The number of hydrogen-bond acceptors (Lipinski definition) is 4. The molecule has 2 aromatic rings. The van der Waals surface area contributed by atoms with E-state index in [1.165, 1.54) is 22.9 Å². The van der Waals surface area contributed by atoms with Crippen molar-refractivity contribution in [1.82, 2.24) is 4.57 Å². The van der Waals surface area contributed by atoms with Crippen LogP contribution >= 0.6 is 11.6 Å². The number of rotatable bonds is 5. The van der Waals surface area contributed by atoms with Gasteiger partial charge in [0.2, 0.25) is 0 Å². The van der Waals surface area contributed by atoms with Crippen molar-refractivity contribution in [3.63, 3.8) is 0 Å². The topological polar surface area (TPSA) is 68.6 Å². The number of carbonyl (C=O) groups excluding carboxylic acids is 2. The largest absolute Gasteiger partial charge is 0.482 e. The Hall–Kier alpha value is -2.60. The monoisotopic (exact) mass is 360 g/mol. The first-order valence-electron chi connectivity index (χ1n) is 7.96. The highest BCUT2D eigenvalue weighted by Crippen LogP contribution is 2.33. The Kier molecular flexibility index (Phi) is 4.90. The molecular weight excluding hydrogens is 344 g/mol. The summed E-state index contributed by atoms with van der Waals surface area (Å²) in [5, 5.41) is 0.381. The highest BCUT2D eigenvalue weighted by Gasteiger charge is 2.25. The zero-order valence-corrected chi connectivity index (χ0v) is 14.5. The molecule has 0 fully saturated rings. The van der Waals surface area contributed by atoms with Gasteiger partial charge in [-0.3, -0.25) is 14.4 Å². The molecule has 0 saturated heterocycles. The van der Waals surface area contributed by atoms with Crippen LogP contribution < -0.4 is 15.2 Å². The molecule has 0 unspecified atom stereocenters. The van der Waals surface area contributed by atoms with E-state index in [0.29, 0.717) is 28.6 Å². The maximum atomic E-state index is 12.6. The van der Waals surface area contributed by atoms with Gasteiger partial charge in [0, 0.05) is 24.4 Å². The molecule has 0 aliphatic carbocycles. The van der Waals surface area contributed by atoms with Gasteiger partial charge in [-0.2, -0.15) is 0 Å². The third kappa shape index (κ3) is 3.58. The molecule has 7 heteroatoms. The first-order valence-corrected chi connectivity index (χ1v) is 8.34. The molecular formula is C18H17ClN2O4. The Morgan fingerprint density at radius 2 is 2.04 bits per heavy atom. The second kappa shape index (κ2) is 7.11. The van der Waals surface area contributed by atoms with Crippen molar-refractivity contribution in [3.8, 4) is 5.75 Å². The van der Waals surface area contributed by atoms with Gasteiger partial charge in [-0.15, -0.1) is 0 Å². The number of ketones is 1. The highest BCUT2D eigenvalue weighted by atomic mass is 35.5. The number of pyridine rings is 1. The molecule has 1 aromatic carbocycles. The van der Waals surface area contributed by atoms with Gasteiger partial charge in [0.15, 0.2) is 12.4 Å². The molecule has 0 spiro atoms. The Labute approximate surface area is 149 Å². The fraction of sp³-hybridized carbons (Fsp3) is 0.278. The lowest BCUT2D eigenvalue weighted by molar-refractivity contribution is -0.121. The summed E-state index contributed by atoms with van der Waals surface area (Å²) in [7, 11) is 0. The predicted octanol–water partition coefficient (Wildman–Crippen LogP) is 2.52. The number of anilines is 1. The minimum Gasteiger partial charge on any atom is -0.482 e. The quantitative estimate of drug-likeness (QED) is 0.768. The van der Waals surface area contributed by atoms with E-state index in [0.717, 1.165) is 6.42 Å². The van der Waals surface area contributed by atoms with Gasteiger partial charge in [0.05, 0.1) is 17.3 Å². The summed E-state index contributed by atoms with van der Waals surface area (Å²) >= 11 is 5.88. The molecule has 1 amide bonds. The summed E-state index contributed by atoms with van der Waals surface area (Å²) in [4.78, 5) is 38.1. The Morgan fingerprint density at radius 3 is 2.80 bits per heavy atom. The van der Waals surface area contributed by atoms with Gasteiger partial charge in [0.1, 0.15) is 5.75 Å². The van der Waals surface area contributed by atoms with Crippen LogP contribution in [0, 0.1) is 0 Å². The van der Waals surface area contributed by atoms with Gasteiger partial charge in [-0.1, -0.05) is 18.5 Å². The van der Waals surface area contributed by atoms with E-state index < -0.39 is 0 Å². The summed E-state index contributed by atoms with van der Waals surface area (Å²) in [6.07, 6.45) is 2.22. The lowest BCUT2D eigenvalue weighted by Crippen LogP contribution is -2.39. The van der Waals surface area contributed by atoms with Crippen LogP contribution in [-0.4, -0.2) is 29.4 Å². The van der Waals surface area contributed by atoms with Crippen molar-refractivity contribution in [2.45, 2.75) is 19.9 Å². The number of halogens is 1. The van der Waals surface area contributed by atoms with Crippen molar-refractivity contribution in [2.24, 2.45) is 0 Å². The molecule has 0 N–H and O–H groups in total. The number of Topliss-reactive ketones (excluding diaryl/α,β-unsaturated/α-hetero) is 1. The molecule has 1 aliphatic rings. The summed E-state index contributed by atoms with van der Waals surface area (Å²) < 4.78 is 6.68. The molecule has 0 radical (unpaired) electrons. The zero-order valence-electron chi connectivity index (χ0n) is 13.7. The zero-order chi connectivity index (χ0) is 18.0. The van der Waals surface area contributed by atoms with E-state index in [-0.39, 0.29) is 30.4 Å². The molecule has 0 atom stereocenters. The van der Waals surface area contributed by atoms with Gasteiger partial charge < -0.3 is 14.2 Å². The molecule has 130 valence electrons. The molecule has 0 saturated carbocycles. The van der Waals surface area contributed by atoms with Crippen LogP contribution in [0.3, 0.4) is 0 Å². The SMILES string of the molecule is CCCN1C(=O)COc2ccc(C(=O)Cn3cc(Cl)ccc3=O)cc21. The fourth-order valence-corrected chi connectivity index (χ4v) is 2.90. The van der Waals surface area contributed by atoms with E-state index in [9.17, 15) is 14.4 Å². The smallest absolute Gasteiger partial charge is 0.265 e. The average Bonchev–Trinajstić information content (AvgIpc) is 2.60. The number of fused-ring (bicyclic) bond motifs is 1. The minimum absolute atomic E-state index is 0.00178. The second-order valence-corrected chi connectivity index (χ2v) is 6.19. The van der Waals surface area contributed by atoms with E-state index >= 15 is 0 Å². The number of hydrogen-bond donors (Lipinski definition) is 0. The second-order valence-electron chi connectivity index (χ2n) is 5.75. The van der Waals surface area contributed by atoms with Crippen molar-refractivity contribution in [1.29, 1.82) is 0 Å². The molecule has 3 rings (SSSR count). The maximum absolute atomic E-state index is 12.6. The molecule has 2 heterocycles. The summed E-state index contributed by atoms with van der Waals surface area (Å²) in [5.41, 5.74) is 0.689. The van der Waals surface area contributed by atoms with Crippen molar-refractivity contribution < 1.29 is 14.3 Å². The highest BCUT2D eigenvalue weighted by molar-refractivity contribution is 6.30. The van der Waals surface area contributed by atoms with Crippen LogP contribution in [-0.2, 0) is 11.3 Å². The Morgan fingerprint density at radius 1 is 1.24 bits per heavy atom. The van der Waals surface area contributed by atoms with E-state index in [4.69, 9.17) is 16.3 Å². The number of carbonyl (C=O) groups is 2. The van der Waals surface area contributed by atoms with Gasteiger partial charge in [-0.25, -0.2) is 0 Å². The van der Waals surface area contributed by atoms with Crippen molar-refractivity contribution in [2.75, 3.05) is 18.1 Å². The number of aromatic nitrogens is 1. The molecule has 1 aliphatic heterocycles. The lowest BCUT2D eigenvalue weighted by Gasteiger charge is -2.29. The number of benzene rings is 1. The van der Waals surface area contributed by atoms with Gasteiger partial charge in [0.25, 0.3) is 11.5 Å². The molecule has 6 nitrogen and oxygen atoms in total. The van der Waals surface area contributed by atoms with Crippen molar-refractivity contribution in [3.05, 3.63) is 57.5 Å². The van der Waals surface area contributed by atoms with Crippen LogP contribution in [0.5, 0.6) is 5.75 Å². The van der Waals surface area contributed by atoms with Crippen LogP contribution in [0.2, 0.25) is 5.02 Å². The fourth-order valence-electron chi connectivity index (χ4n) is 2.72. The standard InChI is InChI=1S/C18H17ClN2O4/c1-2-7-21-14-8-12(3-5-16(14)25-11-18(21)24)15(22)10-20-9-13(19)4-6-17(20)23/h3-6,8-9H,2,7,10-11H2,1H3. The van der Waals surface area contributed by atoms with E-state index in [1.54, 1.807) is 23.1 Å². The third-order valence-corrected chi connectivity index (χ3v) is 4.16. The molecule has 1 aromatic heterocycles. The number of amides is 1.